The summed E-state index contributed by atoms with van der Waals surface area (Å²) < 4.78 is 5.11. The summed E-state index contributed by atoms with van der Waals surface area (Å²) in [6, 6.07) is 18.9. The monoisotopic (exact) mass is 346 g/mol. The van der Waals surface area contributed by atoms with E-state index in [1.807, 2.05) is 18.2 Å². The van der Waals surface area contributed by atoms with Crippen LogP contribution in [0, 0.1) is 0 Å². The second-order valence-electron chi connectivity index (χ2n) is 5.99. The van der Waals surface area contributed by atoms with Gasteiger partial charge in [0.1, 0.15) is 5.75 Å². The number of hydrogen-bond acceptors (Lipinski definition) is 5. The van der Waals surface area contributed by atoms with Crippen molar-refractivity contribution in [3.05, 3.63) is 71.9 Å². The number of methoxy groups -OCH3 is 1. The predicted molar refractivity (Wildman–Crippen MR) is 100 cm³/mol. The van der Waals surface area contributed by atoms with Gasteiger partial charge in [-0.1, -0.05) is 18.2 Å². The highest BCUT2D eigenvalue weighted by molar-refractivity contribution is 6.02. The fourth-order valence-corrected chi connectivity index (χ4v) is 3.04. The standard InChI is InChI=1S/C20H18N4O2/c1-26-16-8-6-15(7-9-16)21-20(25)17-10-11-19(23-22-17)24-13-12-14-4-2-3-5-18(14)24/h2-11H,12-13H2,1H3,(H,21,25). The van der Waals surface area contributed by atoms with E-state index in [-0.39, 0.29) is 11.6 Å². The van der Waals surface area contributed by atoms with Crippen LogP contribution >= 0.6 is 0 Å². The Bertz CT molecular complexity index is 923. The van der Waals surface area contributed by atoms with Gasteiger partial charge in [-0.25, -0.2) is 0 Å². The zero-order valence-corrected chi connectivity index (χ0v) is 14.3. The van der Waals surface area contributed by atoms with Crippen LogP contribution in [0.25, 0.3) is 0 Å². The number of para-hydroxylation sites is 1. The molecule has 0 unspecified atom stereocenters. The number of hydrogen-bond donors (Lipinski definition) is 1. The molecule has 6 nitrogen and oxygen atoms in total. The maximum absolute atomic E-state index is 12.3. The molecule has 26 heavy (non-hydrogen) atoms. The van der Waals surface area contributed by atoms with Gasteiger partial charge < -0.3 is 15.0 Å². The summed E-state index contributed by atoms with van der Waals surface area (Å²) in [6.45, 7) is 0.866. The van der Waals surface area contributed by atoms with Gasteiger partial charge >= 0.3 is 0 Å². The van der Waals surface area contributed by atoms with E-state index in [2.05, 4.69) is 32.5 Å². The summed E-state index contributed by atoms with van der Waals surface area (Å²) >= 11 is 0. The highest BCUT2D eigenvalue weighted by Gasteiger charge is 2.21. The predicted octanol–water partition coefficient (Wildman–Crippen LogP) is 3.43. The lowest BCUT2D eigenvalue weighted by molar-refractivity contribution is 0.102. The zero-order valence-electron chi connectivity index (χ0n) is 14.3. The highest BCUT2D eigenvalue weighted by atomic mass is 16.5. The second-order valence-corrected chi connectivity index (χ2v) is 5.99. The van der Waals surface area contributed by atoms with Crippen molar-refractivity contribution < 1.29 is 9.53 Å². The Labute approximate surface area is 151 Å². The number of fused-ring (bicyclic) bond motifs is 1. The van der Waals surface area contributed by atoms with Crippen LogP contribution in [0.5, 0.6) is 5.75 Å². The van der Waals surface area contributed by atoms with Crippen molar-refractivity contribution in [3.63, 3.8) is 0 Å². The van der Waals surface area contributed by atoms with Gasteiger partial charge in [-0.05, 0) is 54.4 Å². The van der Waals surface area contributed by atoms with E-state index >= 15 is 0 Å². The van der Waals surface area contributed by atoms with Crippen molar-refractivity contribution >= 4 is 23.1 Å². The molecule has 0 saturated carbocycles. The Hall–Kier alpha value is -3.41. The summed E-state index contributed by atoms with van der Waals surface area (Å²) in [7, 11) is 1.60. The lowest BCUT2D eigenvalue weighted by atomic mass is 10.2. The van der Waals surface area contributed by atoms with Crippen molar-refractivity contribution in [2.75, 3.05) is 23.9 Å². The molecule has 1 aromatic heterocycles. The molecule has 1 N–H and O–H groups in total. The number of nitrogens with zero attached hydrogens (tertiary/aromatic N) is 3. The number of nitrogens with one attached hydrogen (secondary N) is 1. The van der Waals surface area contributed by atoms with E-state index < -0.39 is 0 Å². The van der Waals surface area contributed by atoms with E-state index in [9.17, 15) is 4.79 Å². The second kappa shape index (κ2) is 6.84. The summed E-state index contributed by atoms with van der Waals surface area (Å²) in [6.07, 6.45) is 0.984. The first-order valence-corrected chi connectivity index (χ1v) is 8.39. The molecule has 3 aromatic rings. The van der Waals surface area contributed by atoms with Crippen molar-refractivity contribution in [1.82, 2.24) is 10.2 Å². The molecule has 1 aliphatic heterocycles. The summed E-state index contributed by atoms with van der Waals surface area (Å²) in [5.74, 6) is 1.19. The van der Waals surface area contributed by atoms with Gasteiger partial charge in [-0.2, -0.15) is 0 Å². The average molecular weight is 346 g/mol. The van der Waals surface area contributed by atoms with E-state index in [0.29, 0.717) is 5.69 Å². The van der Waals surface area contributed by atoms with Gasteiger partial charge in [0.05, 0.1) is 7.11 Å². The third kappa shape index (κ3) is 3.09. The molecular formula is C20H18N4O2. The van der Waals surface area contributed by atoms with Crippen LogP contribution in [-0.2, 0) is 6.42 Å². The van der Waals surface area contributed by atoms with Gasteiger partial charge in [0.2, 0.25) is 0 Å². The average Bonchev–Trinajstić information content (AvgIpc) is 3.13. The number of rotatable bonds is 4. The molecule has 1 aliphatic rings. The quantitative estimate of drug-likeness (QED) is 0.784. The Morgan fingerprint density at radius 2 is 1.85 bits per heavy atom. The third-order valence-electron chi connectivity index (χ3n) is 4.39. The molecule has 0 radical (unpaired) electrons. The molecule has 0 aliphatic carbocycles. The van der Waals surface area contributed by atoms with Crippen molar-refractivity contribution in [1.29, 1.82) is 0 Å². The van der Waals surface area contributed by atoms with E-state index in [1.54, 1.807) is 37.4 Å². The smallest absolute Gasteiger partial charge is 0.276 e. The minimum Gasteiger partial charge on any atom is -0.497 e. The van der Waals surface area contributed by atoms with Gasteiger partial charge in [-0.15, -0.1) is 10.2 Å². The zero-order chi connectivity index (χ0) is 17.9. The summed E-state index contributed by atoms with van der Waals surface area (Å²) in [5.41, 5.74) is 3.40. The molecule has 2 aromatic carbocycles. The fraction of sp³-hybridized carbons (Fsp3) is 0.150. The lowest BCUT2D eigenvalue weighted by Crippen LogP contribution is -2.18. The fourth-order valence-electron chi connectivity index (χ4n) is 3.04. The van der Waals surface area contributed by atoms with Crippen molar-refractivity contribution in [2.45, 2.75) is 6.42 Å². The molecule has 0 saturated heterocycles. The van der Waals surface area contributed by atoms with E-state index in [4.69, 9.17) is 4.74 Å². The number of ether oxygens (including phenoxy) is 1. The molecular weight excluding hydrogens is 328 g/mol. The lowest BCUT2D eigenvalue weighted by Gasteiger charge is -2.17. The summed E-state index contributed by atoms with van der Waals surface area (Å²) in [5, 5.41) is 11.1. The first kappa shape index (κ1) is 16.1. The molecule has 2 heterocycles. The van der Waals surface area contributed by atoms with Gasteiger partial charge in [0, 0.05) is 17.9 Å². The number of benzene rings is 2. The van der Waals surface area contributed by atoms with E-state index in [1.165, 1.54) is 5.56 Å². The topological polar surface area (TPSA) is 67.3 Å². The number of anilines is 3. The first-order valence-electron chi connectivity index (χ1n) is 8.39. The number of aromatic nitrogens is 2. The maximum Gasteiger partial charge on any atom is 0.276 e. The Balaban J connectivity index is 1.48. The molecule has 0 fully saturated rings. The highest BCUT2D eigenvalue weighted by Crippen LogP contribution is 2.32. The minimum atomic E-state index is -0.295. The molecule has 0 spiro atoms. The van der Waals surface area contributed by atoms with Gasteiger partial charge in [0.15, 0.2) is 11.5 Å². The van der Waals surface area contributed by atoms with Crippen LogP contribution in [-0.4, -0.2) is 29.8 Å². The SMILES string of the molecule is COc1ccc(NC(=O)c2ccc(N3CCc4ccccc43)nn2)cc1. The molecule has 1 amide bonds. The molecule has 6 heteroatoms. The van der Waals surface area contributed by atoms with Crippen LogP contribution in [0.1, 0.15) is 16.1 Å². The van der Waals surface area contributed by atoms with Crippen molar-refractivity contribution in [2.24, 2.45) is 0 Å². The van der Waals surface area contributed by atoms with Crippen LogP contribution < -0.4 is 15.0 Å². The minimum absolute atomic E-state index is 0.275. The Morgan fingerprint density at radius 1 is 1.04 bits per heavy atom. The van der Waals surface area contributed by atoms with Crippen LogP contribution in [0.2, 0.25) is 0 Å². The van der Waals surface area contributed by atoms with Crippen molar-refractivity contribution in [3.8, 4) is 5.75 Å². The van der Waals surface area contributed by atoms with Crippen LogP contribution in [0.4, 0.5) is 17.2 Å². The van der Waals surface area contributed by atoms with E-state index in [0.717, 1.165) is 30.2 Å². The molecule has 0 bridgehead atoms. The maximum atomic E-state index is 12.3. The van der Waals surface area contributed by atoms with Gasteiger partial charge in [0.25, 0.3) is 5.91 Å². The third-order valence-corrected chi connectivity index (χ3v) is 4.39. The normalized spacial score (nSPS) is 12.6. The number of carbonyl (C=O) groups is 1. The van der Waals surface area contributed by atoms with Crippen LogP contribution in [0.3, 0.4) is 0 Å². The first-order chi connectivity index (χ1) is 12.7. The largest absolute Gasteiger partial charge is 0.497 e. The Kier molecular flexibility index (Phi) is 4.23. The summed E-state index contributed by atoms with van der Waals surface area (Å²) in [4.78, 5) is 14.5. The molecule has 130 valence electrons. The van der Waals surface area contributed by atoms with Crippen LogP contribution in [0.15, 0.2) is 60.7 Å². The number of amides is 1. The molecule has 4 rings (SSSR count). The Morgan fingerprint density at radius 3 is 2.58 bits per heavy atom. The molecule has 0 atom stereocenters. The number of carbonyl (C=O) groups excluding carboxylic acids is 1. The van der Waals surface area contributed by atoms with Gasteiger partial charge in [-0.3, -0.25) is 4.79 Å².